The van der Waals surface area contributed by atoms with Gasteiger partial charge in [-0.2, -0.15) is 0 Å². The van der Waals surface area contributed by atoms with Gasteiger partial charge in [0.25, 0.3) is 0 Å². The van der Waals surface area contributed by atoms with Gasteiger partial charge in [-0.1, -0.05) is 91.0 Å². The second-order valence-corrected chi connectivity index (χ2v) is 6.84. The average Bonchev–Trinajstić information content (AvgIpc) is 2.76. The highest BCUT2D eigenvalue weighted by Crippen LogP contribution is 2.06. The van der Waals surface area contributed by atoms with Gasteiger partial charge in [0, 0.05) is 19.6 Å². The molecule has 3 aromatic carbocycles. The van der Waals surface area contributed by atoms with Gasteiger partial charge in [0.1, 0.15) is 0 Å². The van der Waals surface area contributed by atoms with Gasteiger partial charge in [0.2, 0.25) is 0 Å². The largest absolute Gasteiger partial charge is 0.375 e. The molecule has 28 heavy (non-hydrogen) atoms. The SMILES string of the molecule is c1ccc(COCCN(CCOCc2ccccc2)Cc2ccccc2)cc1. The van der Waals surface area contributed by atoms with Gasteiger partial charge < -0.3 is 9.47 Å². The summed E-state index contributed by atoms with van der Waals surface area (Å²) in [5, 5.41) is 0. The molecule has 0 heterocycles. The third-order valence-electron chi connectivity index (χ3n) is 4.58. The molecule has 3 heteroatoms. The number of hydrogen-bond acceptors (Lipinski definition) is 3. The molecule has 0 saturated heterocycles. The zero-order valence-corrected chi connectivity index (χ0v) is 16.4. The Kier molecular flexibility index (Phi) is 8.75. The van der Waals surface area contributed by atoms with Crippen LogP contribution in [0.25, 0.3) is 0 Å². The number of hydrogen-bond donors (Lipinski definition) is 0. The van der Waals surface area contributed by atoms with Crippen molar-refractivity contribution in [2.45, 2.75) is 19.8 Å². The molecule has 0 spiro atoms. The van der Waals surface area contributed by atoms with Crippen LogP contribution in [0.15, 0.2) is 91.0 Å². The summed E-state index contributed by atoms with van der Waals surface area (Å²) >= 11 is 0. The van der Waals surface area contributed by atoms with E-state index in [0.717, 1.165) is 19.6 Å². The third kappa shape index (κ3) is 7.65. The van der Waals surface area contributed by atoms with Crippen LogP contribution in [0.1, 0.15) is 16.7 Å². The lowest BCUT2D eigenvalue weighted by atomic mass is 10.2. The summed E-state index contributed by atoms with van der Waals surface area (Å²) in [6, 6.07) is 31.2. The van der Waals surface area contributed by atoms with E-state index in [1.54, 1.807) is 0 Å². The van der Waals surface area contributed by atoms with E-state index < -0.39 is 0 Å². The smallest absolute Gasteiger partial charge is 0.0717 e. The molecule has 3 rings (SSSR count). The Morgan fingerprint density at radius 3 is 1.32 bits per heavy atom. The molecule has 0 saturated carbocycles. The van der Waals surface area contributed by atoms with Gasteiger partial charge in [-0.15, -0.1) is 0 Å². The molecular formula is C25H29NO2. The van der Waals surface area contributed by atoms with Gasteiger partial charge in [-0.25, -0.2) is 0 Å². The number of rotatable bonds is 12. The zero-order valence-electron chi connectivity index (χ0n) is 16.4. The van der Waals surface area contributed by atoms with Crippen LogP contribution in [-0.2, 0) is 29.2 Å². The van der Waals surface area contributed by atoms with Crippen molar-refractivity contribution in [2.75, 3.05) is 26.3 Å². The summed E-state index contributed by atoms with van der Waals surface area (Å²) in [5.74, 6) is 0. The second kappa shape index (κ2) is 12.1. The van der Waals surface area contributed by atoms with Crippen molar-refractivity contribution in [1.82, 2.24) is 4.90 Å². The Balaban J connectivity index is 1.42. The minimum absolute atomic E-state index is 0.657. The second-order valence-electron chi connectivity index (χ2n) is 6.84. The Labute approximate surface area is 168 Å². The van der Waals surface area contributed by atoms with E-state index in [9.17, 15) is 0 Å². The van der Waals surface area contributed by atoms with Crippen molar-refractivity contribution in [3.05, 3.63) is 108 Å². The van der Waals surface area contributed by atoms with Crippen LogP contribution in [0.2, 0.25) is 0 Å². The summed E-state index contributed by atoms with van der Waals surface area (Å²) in [6.45, 7) is 5.41. The molecule has 0 bridgehead atoms. The fourth-order valence-corrected chi connectivity index (χ4v) is 3.03. The fraction of sp³-hybridized carbons (Fsp3) is 0.280. The molecule has 0 unspecified atom stereocenters. The van der Waals surface area contributed by atoms with Crippen LogP contribution in [0.5, 0.6) is 0 Å². The van der Waals surface area contributed by atoms with Crippen molar-refractivity contribution in [3.8, 4) is 0 Å². The predicted molar refractivity (Wildman–Crippen MR) is 114 cm³/mol. The maximum atomic E-state index is 5.88. The molecule has 0 atom stereocenters. The summed E-state index contributed by atoms with van der Waals surface area (Å²) < 4.78 is 11.8. The van der Waals surface area contributed by atoms with E-state index in [1.165, 1.54) is 16.7 Å². The van der Waals surface area contributed by atoms with Crippen LogP contribution in [0.3, 0.4) is 0 Å². The van der Waals surface area contributed by atoms with E-state index in [1.807, 2.05) is 36.4 Å². The summed E-state index contributed by atoms with van der Waals surface area (Å²) in [4.78, 5) is 2.39. The van der Waals surface area contributed by atoms with Gasteiger partial charge >= 0.3 is 0 Å². The molecule has 0 amide bonds. The first-order valence-corrected chi connectivity index (χ1v) is 9.90. The standard InChI is InChI=1S/C25H29NO2/c1-4-10-23(11-5-1)20-26(16-18-27-21-24-12-6-2-7-13-24)17-19-28-22-25-14-8-3-9-15-25/h1-15H,16-22H2. The van der Waals surface area contributed by atoms with E-state index in [-0.39, 0.29) is 0 Å². The Bertz CT molecular complexity index is 715. The molecule has 0 fully saturated rings. The lowest BCUT2D eigenvalue weighted by Crippen LogP contribution is -2.30. The molecule has 146 valence electrons. The van der Waals surface area contributed by atoms with Gasteiger partial charge in [-0.3, -0.25) is 4.90 Å². The topological polar surface area (TPSA) is 21.7 Å². The summed E-state index contributed by atoms with van der Waals surface area (Å²) in [6.07, 6.45) is 0. The van der Waals surface area contributed by atoms with Crippen molar-refractivity contribution in [1.29, 1.82) is 0 Å². The minimum Gasteiger partial charge on any atom is -0.375 e. The van der Waals surface area contributed by atoms with E-state index >= 15 is 0 Å². The molecule has 0 aliphatic carbocycles. The Hall–Kier alpha value is -2.46. The summed E-state index contributed by atoms with van der Waals surface area (Å²) in [5.41, 5.74) is 3.74. The molecule has 0 aliphatic rings. The van der Waals surface area contributed by atoms with Crippen molar-refractivity contribution in [3.63, 3.8) is 0 Å². The van der Waals surface area contributed by atoms with Gasteiger partial charge in [0.05, 0.1) is 26.4 Å². The highest BCUT2D eigenvalue weighted by molar-refractivity contribution is 5.15. The van der Waals surface area contributed by atoms with E-state index in [2.05, 4.69) is 59.5 Å². The molecule has 3 nitrogen and oxygen atoms in total. The highest BCUT2D eigenvalue weighted by atomic mass is 16.5. The normalized spacial score (nSPS) is 11.0. The third-order valence-corrected chi connectivity index (χ3v) is 4.58. The number of benzene rings is 3. The molecular weight excluding hydrogens is 346 g/mol. The first-order chi connectivity index (χ1) is 13.9. The number of ether oxygens (including phenoxy) is 2. The van der Waals surface area contributed by atoms with E-state index in [0.29, 0.717) is 26.4 Å². The highest BCUT2D eigenvalue weighted by Gasteiger charge is 2.07. The lowest BCUT2D eigenvalue weighted by Gasteiger charge is -2.22. The van der Waals surface area contributed by atoms with Gasteiger partial charge in [-0.05, 0) is 16.7 Å². The lowest BCUT2D eigenvalue weighted by molar-refractivity contribution is 0.0614. The van der Waals surface area contributed by atoms with Crippen LogP contribution >= 0.6 is 0 Å². The Morgan fingerprint density at radius 2 is 0.893 bits per heavy atom. The van der Waals surface area contributed by atoms with Gasteiger partial charge in [0.15, 0.2) is 0 Å². The average molecular weight is 376 g/mol. The molecule has 0 aliphatic heterocycles. The van der Waals surface area contributed by atoms with Crippen molar-refractivity contribution >= 4 is 0 Å². The number of nitrogens with zero attached hydrogens (tertiary/aromatic N) is 1. The van der Waals surface area contributed by atoms with Crippen LogP contribution in [-0.4, -0.2) is 31.2 Å². The van der Waals surface area contributed by atoms with Crippen LogP contribution in [0, 0.1) is 0 Å². The maximum absolute atomic E-state index is 5.88. The Morgan fingerprint density at radius 1 is 0.500 bits per heavy atom. The quantitative estimate of drug-likeness (QED) is 0.419. The fourth-order valence-electron chi connectivity index (χ4n) is 3.03. The van der Waals surface area contributed by atoms with Crippen LogP contribution < -0.4 is 0 Å². The first-order valence-electron chi connectivity index (χ1n) is 9.90. The van der Waals surface area contributed by atoms with Crippen molar-refractivity contribution < 1.29 is 9.47 Å². The maximum Gasteiger partial charge on any atom is 0.0717 e. The van der Waals surface area contributed by atoms with Crippen LogP contribution in [0.4, 0.5) is 0 Å². The van der Waals surface area contributed by atoms with Crippen molar-refractivity contribution in [2.24, 2.45) is 0 Å². The molecule has 3 aromatic rings. The zero-order chi connectivity index (χ0) is 19.3. The summed E-state index contributed by atoms with van der Waals surface area (Å²) in [7, 11) is 0. The molecule has 0 radical (unpaired) electrons. The van der Waals surface area contributed by atoms with E-state index in [4.69, 9.17) is 9.47 Å². The monoisotopic (exact) mass is 375 g/mol. The first kappa shape index (κ1) is 20.3. The predicted octanol–water partition coefficient (Wildman–Crippen LogP) is 4.92. The molecule has 0 N–H and O–H groups in total. The molecule has 0 aromatic heterocycles. The minimum atomic E-state index is 0.657.